The van der Waals surface area contributed by atoms with E-state index in [0.29, 0.717) is 0 Å². The Labute approximate surface area is 115 Å². The molecule has 1 rings (SSSR count). The number of aliphatic hydroxyl groups is 1. The van der Waals surface area contributed by atoms with E-state index >= 15 is 0 Å². The van der Waals surface area contributed by atoms with Crippen LogP contribution in [0.5, 0.6) is 0 Å². The summed E-state index contributed by atoms with van der Waals surface area (Å²) >= 11 is 1.87. The van der Waals surface area contributed by atoms with Crippen LogP contribution in [0.15, 0.2) is 35.2 Å². The highest BCUT2D eigenvalue weighted by atomic mass is 32.2. The third-order valence-corrected chi connectivity index (χ3v) is 4.64. The van der Waals surface area contributed by atoms with Crippen LogP contribution in [-0.4, -0.2) is 30.6 Å². The van der Waals surface area contributed by atoms with E-state index in [0.717, 1.165) is 31.7 Å². The van der Waals surface area contributed by atoms with Crippen molar-refractivity contribution < 1.29 is 5.11 Å². The summed E-state index contributed by atoms with van der Waals surface area (Å²) in [4.78, 5) is 1.32. The van der Waals surface area contributed by atoms with Crippen LogP contribution >= 0.6 is 11.8 Å². The highest BCUT2D eigenvalue weighted by Crippen LogP contribution is 2.24. The van der Waals surface area contributed by atoms with Crippen molar-refractivity contribution >= 4 is 11.8 Å². The molecule has 0 saturated heterocycles. The maximum Gasteiger partial charge on any atom is 0.0499 e. The number of hydrogen-bond acceptors (Lipinski definition) is 3. The molecule has 0 aromatic heterocycles. The molecule has 2 nitrogen and oxygen atoms in total. The molecule has 0 radical (unpaired) electrons. The second-order valence-corrected chi connectivity index (χ2v) is 5.87. The van der Waals surface area contributed by atoms with Gasteiger partial charge >= 0.3 is 0 Å². The number of benzene rings is 1. The lowest BCUT2D eigenvalue weighted by Crippen LogP contribution is -2.37. The molecule has 0 fully saturated rings. The molecule has 1 aromatic carbocycles. The predicted molar refractivity (Wildman–Crippen MR) is 80.1 cm³/mol. The maximum absolute atomic E-state index is 9.47. The molecule has 0 aliphatic rings. The van der Waals surface area contributed by atoms with Crippen LogP contribution in [0.2, 0.25) is 0 Å². The van der Waals surface area contributed by atoms with Crippen molar-refractivity contribution in [2.24, 2.45) is 5.41 Å². The fourth-order valence-corrected chi connectivity index (χ4v) is 2.72. The Bertz CT molecular complexity index is 303. The Hall–Kier alpha value is -0.510. The molecule has 0 bridgehead atoms. The zero-order valence-electron chi connectivity index (χ0n) is 11.5. The summed E-state index contributed by atoms with van der Waals surface area (Å²) in [5.41, 5.74) is 0.0669. The van der Waals surface area contributed by atoms with Crippen molar-refractivity contribution in [2.45, 2.75) is 31.6 Å². The molecule has 18 heavy (non-hydrogen) atoms. The normalized spacial score (nSPS) is 11.7. The van der Waals surface area contributed by atoms with Crippen LogP contribution in [0, 0.1) is 5.41 Å². The number of rotatable bonds is 9. The monoisotopic (exact) mass is 267 g/mol. The zero-order valence-corrected chi connectivity index (χ0v) is 12.3. The quantitative estimate of drug-likeness (QED) is 0.532. The van der Waals surface area contributed by atoms with Crippen LogP contribution in [0.4, 0.5) is 0 Å². The Morgan fingerprint density at radius 1 is 1.17 bits per heavy atom. The highest BCUT2D eigenvalue weighted by Gasteiger charge is 2.24. The largest absolute Gasteiger partial charge is 0.396 e. The van der Waals surface area contributed by atoms with Gasteiger partial charge in [0.25, 0.3) is 0 Å². The molecule has 0 aliphatic heterocycles. The molecule has 0 unspecified atom stereocenters. The van der Waals surface area contributed by atoms with Gasteiger partial charge in [0.15, 0.2) is 0 Å². The molecule has 0 amide bonds. The lowest BCUT2D eigenvalue weighted by Gasteiger charge is -2.29. The first-order valence-corrected chi connectivity index (χ1v) is 7.74. The van der Waals surface area contributed by atoms with E-state index in [1.807, 2.05) is 17.8 Å². The minimum Gasteiger partial charge on any atom is -0.396 e. The minimum atomic E-state index is 0.0669. The number of nitrogens with one attached hydrogen (secondary N) is 1. The van der Waals surface area contributed by atoms with Gasteiger partial charge in [-0.25, -0.2) is 0 Å². The molecule has 0 heterocycles. The van der Waals surface area contributed by atoms with E-state index in [-0.39, 0.29) is 12.0 Å². The van der Waals surface area contributed by atoms with E-state index in [1.165, 1.54) is 4.90 Å². The second kappa shape index (κ2) is 8.57. The van der Waals surface area contributed by atoms with Gasteiger partial charge in [0.1, 0.15) is 0 Å². The van der Waals surface area contributed by atoms with Crippen molar-refractivity contribution in [3.63, 3.8) is 0 Å². The molecular weight excluding hydrogens is 242 g/mol. The van der Waals surface area contributed by atoms with E-state index in [2.05, 4.69) is 43.4 Å². The lowest BCUT2D eigenvalue weighted by molar-refractivity contribution is 0.114. The van der Waals surface area contributed by atoms with Gasteiger partial charge in [0.05, 0.1) is 0 Å². The number of aliphatic hydroxyl groups excluding tert-OH is 1. The first kappa shape index (κ1) is 15.5. The van der Waals surface area contributed by atoms with Crippen LogP contribution in [0.1, 0.15) is 26.7 Å². The number of thioether (sulfide) groups is 1. The molecular formula is C15H25NOS. The van der Waals surface area contributed by atoms with Crippen molar-refractivity contribution in [1.82, 2.24) is 5.32 Å². The van der Waals surface area contributed by atoms with Gasteiger partial charge in [-0.15, -0.1) is 11.8 Å². The molecule has 3 heteroatoms. The third kappa shape index (κ3) is 5.01. The van der Waals surface area contributed by atoms with Gasteiger partial charge < -0.3 is 10.4 Å². The van der Waals surface area contributed by atoms with Gasteiger partial charge in [-0.3, -0.25) is 0 Å². The van der Waals surface area contributed by atoms with E-state index in [1.54, 1.807) is 0 Å². The molecule has 0 aliphatic carbocycles. The van der Waals surface area contributed by atoms with Crippen LogP contribution in [0.3, 0.4) is 0 Å². The van der Waals surface area contributed by atoms with Crippen LogP contribution in [-0.2, 0) is 0 Å². The van der Waals surface area contributed by atoms with Gasteiger partial charge in [-0.2, -0.15) is 0 Å². The second-order valence-electron chi connectivity index (χ2n) is 4.70. The predicted octanol–water partition coefficient (Wildman–Crippen LogP) is 3.17. The van der Waals surface area contributed by atoms with Crippen molar-refractivity contribution in [2.75, 3.05) is 25.4 Å². The van der Waals surface area contributed by atoms with Crippen molar-refractivity contribution in [1.29, 1.82) is 0 Å². The van der Waals surface area contributed by atoms with Crippen molar-refractivity contribution in [3.8, 4) is 0 Å². The van der Waals surface area contributed by atoms with E-state index < -0.39 is 0 Å². The summed E-state index contributed by atoms with van der Waals surface area (Å²) < 4.78 is 0. The average Bonchev–Trinajstić information content (AvgIpc) is 2.45. The van der Waals surface area contributed by atoms with Gasteiger partial charge in [0.2, 0.25) is 0 Å². The standard InChI is InChI=1S/C15H25NOS/c1-3-15(4-2,13-17)12-16-10-11-18-14-8-6-5-7-9-14/h5-9,16-17H,3-4,10-13H2,1-2H3. The first-order chi connectivity index (χ1) is 8.76. The topological polar surface area (TPSA) is 32.3 Å². The molecule has 0 saturated carbocycles. The average molecular weight is 267 g/mol. The zero-order chi connectivity index (χ0) is 13.3. The SMILES string of the molecule is CCC(CC)(CO)CNCCSc1ccccc1. The van der Waals surface area contributed by atoms with Gasteiger partial charge in [0, 0.05) is 35.8 Å². The fraction of sp³-hybridized carbons (Fsp3) is 0.600. The summed E-state index contributed by atoms with van der Waals surface area (Å²) in [6, 6.07) is 10.5. The smallest absolute Gasteiger partial charge is 0.0499 e. The van der Waals surface area contributed by atoms with Crippen LogP contribution < -0.4 is 5.32 Å². The Morgan fingerprint density at radius 2 is 1.83 bits per heavy atom. The lowest BCUT2D eigenvalue weighted by atomic mass is 9.83. The summed E-state index contributed by atoms with van der Waals surface area (Å²) in [6.07, 6.45) is 2.05. The molecule has 0 spiro atoms. The first-order valence-electron chi connectivity index (χ1n) is 6.76. The Balaban J connectivity index is 2.18. The van der Waals surface area contributed by atoms with E-state index in [9.17, 15) is 5.11 Å². The summed E-state index contributed by atoms with van der Waals surface area (Å²) in [5, 5.41) is 12.9. The fourth-order valence-electron chi connectivity index (χ4n) is 1.89. The van der Waals surface area contributed by atoms with E-state index in [4.69, 9.17) is 0 Å². The molecule has 102 valence electrons. The summed E-state index contributed by atoms with van der Waals surface area (Å²) in [5.74, 6) is 1.07. The summed E-state index contributed by atoms with van der Waals surface area (Å²) in [6.45, 7) is 6.48. The Morgan fingerprint density at radius 3 is 2.39 bits per heavy atom. The van der Waals surface area contributed by atoms with Crippen molar-refractivity contribution in [3.05, 3.63) is 30.3 Å². The third-order valence-electron chi connectivity index (χ3n) is 3.63. The van der Waals surface area contributed by atoms with Gasteiger partial charge in [-0.05, 0) is 25.0 Å². The Kier molecular flexibility index (Phi) is 7.40. The van der Waals surface area contributed by atoms with Gasteiger partial charge in [-0.1, -0.05) is 32.0 Å². The molecule has 0 atom stereocenters. The van der Waals surface area contributed by atoms with Crippen LogP contribution in [0.25, 0.3) is 0 Å². The molecule has 1 aromatic rings. The summed E-state index contributed by atoms with van der Waals surface area (Å²) in [7, 11) is 0. The molecule has 2 N–H and O–H groups in total. The number of hydrogen-bond donors (Lipinski definition) is 2. The highest BCUT2D eigenvalue weighted by molar-refractivity contribution is 7.99. The minimum absolute atomic E-state index is 0.0669. The maximum atomic E-state index is 9.47.